The van der Waals surface area contributed by atoms with Gasteiger partial charge in [-0.15, -0.1) is 10.2 Å². The summed E-state index contributed by atoms with van der Waals surface area (Å²) in [5, 5.41) is 13.6. The zero-order chi connectivity index (χ0) is 9.52. The van der Waals surface area contributed by atoms with E-state index < -0.39 is 0 Å². The molecule has 0 amide bonds. The van der Waals surface area contributed by atoms with Crippen molar-refractivity contribution in [3.8, 4) is 0 Å². The molecule has 0 unspecified atom stereocenters. The third-order valence-corrected chi connectivity index (χ3v) is 2.06. The zero-order valence-electron chi connectivity index (χ0n) is 8.03. The van der Waals surface area contributed by atoms with Crippen molar-refractivity contribution in [1.29, 1.82) is 0 Å². The summed E-state index contributed by atoms with van der Waals surface area (Å²) in [5.41, 5.74) is 5.89. The Labute approximate surface area is 78.1 Å². The number of hydrogen-bond acceptors (Lipinski definition) is 4. The van der Waals surface area contributed by atoms with Gasteiger partial charge in [-0.1, -0.05) is 25.0 Å². The van der Waals surface area contributed by atoms with Crippen molar-refractivity contribution in [3.63, 3.8) is 0 Å². The van der Waals surface area contributed by atoms with E-state index in [0.29, 0.717) is 0 Å². The molecule has 0 aliphatic carbocycles. The van der Waals surface area contributed by atoms with Crippen LogP contribution in [-0.4, -0.2) is 26.7 Å². The Bertz CT molecular complexity index is 208. The lowest BCUT2D eigenvalue weighted by atomic mass is 10.1. The minimum Gasteiger partial charge on any atom is -0.328 e. The number of H-pyrrole nitrogens is 1. The van der Waals surface area contributed by atoms with Crippen molar-refractivity contribution >= 4 is 0 Å². The molecule has 1 rings (SSSR count). The highest BCUT2D eigenvalue weighted by Gasteiger charge is 2.04. The van der Waals surface area contributed by atoms with E-state index in [1.165, 1.54) is 12.8 Å². The van der Waals surface area contributed by atoms with Crippen molar-refractivity contribution < 1.29 is 0 Å². The van der Waals surface area contributed by atoms with Crippen LogP contribution in [0.2, 0.25) is 0 Å². The number of aromatic amines is 1. The van der Waals surface area contributed by atoms with Crippen LogP contribution >= 0.6 is 0 Å². The molecule has 0 saturated heterocycles. The van der Waals surface area contributed by atoms with Gasteiger partial charge in [0.25, 0.3) is 0 Å². The van der Waals surface area contributed by atoms with Gasteiger partial charge in [0.2, 0.25) is 0 Å². The molecule has 0 saturated carbocycles. The van der Waals surface area contributed by atoms with Gasteiger partial charge in [0.05, 0.1) is 0 Å². The van der Waals surface area contributed by atoms with Crippen molar-refractivity contribution in [2.75, 3.05) is 0 Å². The van der Waals surface area contributed by atoms with Crippen LogP contribution in [0, 0.1) is 0 Å². The first kappa shape index (κ1) is 10.1. The molecule has 0 fully saturated rings. The molecule has 3 N–H and O–H groups in total. The molecule has 1 heterocycles. The second-order valence-corrected chi connectivity index (χ2v) is 3.27. The summed E-state index contributed by atoms with van der Waals surface area (Å²) < 4.78 is 0. The summed E-state index contributed by atoms with van der Waals surface area (Å²) in [4.78, 5) is 0. The van der Waals surface area contributed by atoms with Crippen LogP contribution < -0.4 is 5.73 Å². The summed E-state index contributed by atoms with van der Waals surface area (Å²) in [7, 11) is 0. The van der Waals surface area contributed by atoms with Crippen LogP contribution in [0.5, 0.6) is 0 Å². The fourth-order valence-corrected chi connectivity index (χ4v) is 1.21. The molecule has 5 heteroatoms. The number of unbranched alkanes of at least 4 members (excludes halogenated alkanes) is 1. The number of aryl methyl sites for hydroxylation is 1. The van der Waals surface area contributed by atoms with Crippen LogP contribution in [0.15, 0.2) is 0 Å². The van der Waals surface area contributed by atoms with E-state index in [-0.39, 0.29) is 6.04 Å². The van der Waals surface area contributed by atoms with Gasteiger partial charge in [-0.05, 0) is 12.8 Å². The Kier molecular flexibility index (Phi) is 4.39. The third kappa shape index (κ3) is 3.98. The van der Waals surface area contributed by atoms with Crippen molar-refractivity contribution in [3.05, 3.63) is 5.82 Å². The van der Waals surface area contributed by atoms with Crippen LogP contribution in [0.3, 0.4) is 0 Å². The number of nitrogens with one attached hydrogen (secondary N) is 1. The lowest BCUT2D eigenvalue weighted by molar-refractivity contribution is 0.535. The molecule has 1 atom stereocenters. The highest BCUT2D eigenvalue weighted by Crippen LogP contribution is 2.04. The van der Waals surface area contributed by atoms with Gasteiger partial charge in [0, 0.05) is 12.5 Å². The largest absolute Gasteiger partial charge is 0.328 e. The van der Waals surface area contributed by atoms with E-state index in [2.05, 4.69) is 27.5 Å². The standard InChI is InChI=1S/C8H17N5/c1-2-3-4-7(9)5-6-8-10-12-13-11-8/h7H,2-6,9H2,1H3,(H,10,11,12,13)/t7-/m0/s1. The number of nitrogens with two attached hydrogens (primary N) is 1. The van der Waals surface area contributed by atoms with Gasteiger partial charge < -0.3 is 5.73 Å². The molecule has 0 spiro atoms. The maximum atomic E-state index is 5.89. The van der Waals surface area contributed by atoms with Crippen LogP contribution in [-0.2, 0) is 6.42 Å². The van der Waals surface area contributed by atoms with Gasteiger partial charge in [-0.3, -0.25) is 0 Å². The Morgan fingerprint density at radius 2 is 2.31 bits per heavy atom. The van der Waals surface area contributed by atoms with Crippen LogP contribution in [0.4, 0.5) is 0 Å². The monoisotopic (exact) mass is 183 g/mol. The smallest absolute Gasteiger partial charge is 0.174 e. The summed E-state index contributed by atoms with van der Waals surface area (Å²) in [6.45, 7) is 2.17. The number of hydrogen-bond donors (Lipinski definition) is 2. The van der Waals surface area contributed by atoms with E-state index in [4.69, 9.17) is 5.73 Å². The van der Waals surface area contributed by atoms with Gasteiger partial charge >= 0.3 is 0 Å². The number of nitrogens with zero attached hydrogens (tertiary/aromatic N) is 3. The molecular weight excluding hydrogens is 166 g/mol. The molecule has 0 aliphatic heterocycles. The maximum Gasteiger partial charge on any atom is 0.174 e. The van der Waals surface area contributed by atoms with Crippen molar-refractivity contribution in [2.24, 2.45) is 5.73 Å². The van der Waals surface area contributed by atoms with Crippen molar-refractivity contribution in [1.82, 2.24) is 20.6 Å². The zero-order valence-corrected chi connectivity index (χ0v) is 8.03. The highest BCUT2D eigenvalue weighted by atomic mass is 15.5. The molecule has 74 valence electrons. The highest BCUT2D eigenvalue weighted by molar-refractivity contribution is 4.78. The van der Waals surface area contributed by atoms with E-state index in [1.54, 1.807) is 0 Å². The quantitative estimate of drug-likeness (QED) is 0.678. The summed E-state index contributed by atoms with van der Waals surface area (Å²) in [5.74, 6) is 0.756. The molecular formula is C8H17N5. The van der Waals surface area contributed by atoms with Gasteiger partial charge in [0.1, 0.15) is 0 Å². The predicted molar refractivity (Wildman–Crippen MR) is 50.0 cm³/mol. The van der Waals surface area contributed by atoms with Gasteiger partial charge in [-0.2, -0.15) is 5.21 Å². The summed E-state index contributed by atoms with van der Waals surface area (Å²) >= 11 is 0. The molecule has 1 aromatic rings. The Morgan fingerprint density at radius 3 is 2.92 bits per heavy atom. The lowest BCUT2D eigenvalue weighted by Crippen LogP contribution is -2.20. The minimum absolute atomic E-state index is 0.276. The van der Waals surface area contributed by atoms with Crippen LogP contribution in [0.25, 0.3) is 0 Å². The summed E-state index contributed by atoms with van der Waals surface area (Å²) in [6.07, 6.45) is 5.26. The molecule has 5 nitrogen and oxygen atoms in total. The third-order valence-electron chi connectivity index (χ3n) is 2.06. The first-order chi connectivity index (χ1) is 6.33. The van der Waals surface area contributed by atoms with E-state index in [0.717, 1.165) is 25.1 Å². The second-order valence-electron chi connectivity index (χ2n) is 3.27. The normalized spacial score (nSPS) is 13.1. The second kappa shape index (κ2) is 5.64. The molecule has 0 aromatic carbocycles. The fraction of sp³-hybridized carbons (Fsp3) is 0.875. The molecule has 13 heavy (non-hydrogen) atoms. The summed E-state index contributed by atoms with van der Waals surface area (Å²) in [6, 6.07) is 0.276. The minimum atomic E-state index is 0.276. The topological polar surface area (TPSA) is 80.5 Å². The first-order valence-electron chi connectivity index (χ1n) is 4.80. The Hall–Kier alpha value is -0.970. The first-order valence-corrected chi connectivity index (χ1v) is 4.80. The van der Waals surface area contributed by atoms with E-state index in [1.807, 2.05) is 0 Å². The Balaban J connectivity index is 2.11. The molecule has 0 bridgehead atoms. The molecule has 1 aromatic heterocycles. The predicted octanol–water partition coefficient (Wildman–Crippen LogP) is 0.650. The van der Waals surface area contributed by atoms with E-state index >= 15 is 0 Å². The lowest BCUT2D eigenvalue weighted by Gasteiger charge is -2.08. The number of tetrazole rings is 1. The van der Waals surface area contributed by atoms with Crippen molar-refractivity contribution in [2.45, 2.75) is 45.1 Å². The van der Waals surface area contributed by atoms with E-state index in [9.17, 15) is 0 Å². The maximum absolute atomic E-state index is 5.89. The molecule has 0 aliphatic rings. The number of rotatable bonds is 6. The Morgan fingerprint density at radius 1 is 1.46 bits per heavy atom. The average molecular weight is 183 g/mol. The fourth-order valence-electron chi connectivity index (χ4n) is 1.21. The average Bonchev–Trinajstić information content (AvgIpc) is 2.64. The van der Waals surface area contributed by atoms with Crippen LogP contribution in [0.1, 0.15) is 38.4 Å². The van der Waals surface area contributed by atoms with Gasteiger partial charge in [-0.25, -0.2) is 0 Å². The number of aromatic nitrogens is 4. The SMILES string of the molecule is CCCC[C@H](N)CCc1nn[nH]n1. The van der Waals surface area contributed by atoms with Gasteiger partial charge in [0.15, 0.2) is 5.82 Å². The molecule has 0 radical (unpaired) electrons.